The summed E-state index contributed by atoms with van der Waals surface area (Å²) < 4.78 is 5.90. The highest BCUT2D eigenvalue weighted by Crippen LogP contribution is 2.32. The minimum atomic E-state index is 0.651. The lowest BCUT2D eigenvalue weighted by molar-refractivity contribution is 0.298. The molecule has 0 atom stereocenters. The first kappa shape index (κ1) is 14.7. The molecular weight excluding hydrogens is 258 g/mol. The molecule has 19 heavy (non-hydrogen) atoms. The molecule has 0 bridgehead atoms. The van der Waals surface area contributed by atoms with E-state index in [1.165, 1.54) is 19.3 Å². The van der Waals surface area contributed by atoms with E-state index >= 15 is 0 Å². The second kappa shape index (κ2) is 7.16. The third-order valence-electron chi connectivity index (χ3n) is 3.37. The normalized spacial score (nSPS) is 14.9. The van der Waals surface area contributed by atoms with Gasteiger partial charge in [0.25, 0.3) is 0 Å². The molecular formula is C16H24ClNO. The Hall–Kier alpha value is -0.730. The Labute approximate surface area is 121 Å². The third-order valence-corrected chi connectivity index (χ3v) is 3.61. The summed E-state index contributed by atoms with van der Waals surface area (Å²) in [5.74, 6) is 2.54. The first-order chi connectivity index (χ1) is 9.15. The highest BCUT2D eigenvalue weighted by atomic mass is 35.5. The van der Waals surface area contributed by atoms with Crippen LogP contribution in [-0.2, 0) is 6.54 Å². The van der Waals surface area contributed by atoms with E-state index in [9.17, 15) is 0 Å². The van der Waals surface area contributed by atoms with Crippen LogP contribution in [0.2, 0.25) is 5.02 Å². The molecule has 0 spiro atoms. The van der Waals surface area contributed by atoms with E-state index in [-0.39, 0.29) is 0 Å². The van der Waals surface area contributed by atoms with E-state index in [1.807, 2.05) is 18.2 Å². The number of hydrogen-bond acceptors (Lipinski definition) is 2. The molecule has 0 radical (unpaired) electrons. The van der Waals surface area contributed by atoms with Crippen molar-refractivity contribution in [2.45, 2.75) is 39.7 Å². The predicted molar refractivity (Wildman–Crippen MR) is 80.8 cm³/mol. The Kier molecular flexibility index (Phi) is 5.53. The summed E-state index contributed by atoms with van der Waals surface area (Å²) in [4.78, 5) is 0. The van der Waals surface area contributed by atoms with Crippen LogP contribution in [0.25, 0.3) is 0 Å². The summed E-state index contributed by atoms with van der Waals surface area (Å²) in [7, 11) is 0. The van der Waals surface area contributed by atoms with Crippen LogP contribution in [0.1, 0.15) is 38.7 Å². The standard InChI is InChI=1S/C16H24ClNO/c1-12(2)10-18-11-14-9-15(17)5-6-16(14)19-8-7-13-3-4-13/h5-6,9,12-13,18H,3-4,7-8,10-11H2,1-2H3. The van der Waals surface area contributed by atoms with E-state index in [2.05, 4.69) is 19.2 Å². The van der Waals surface area contributed by atoms with E-state index < -0.39 is 0 Å². The van der Waals surface area contributed by atoms with Gasteiger partial charge in [0, 0.05) is 17.1 Å². The van der Waals surface area contributed by atoms with Crippen molar-refractivity contribution in [2.24, 2.45) is 11.8 Å². The lowest BCUT2D eigenvalue weighted by Crippen LogP contribution is -2.19. The molecule has 1 fully saturated rings. The van der Waals surface area contributed by atoms with Crippen molar-refractivity contribution in [1.29, 1.82) is 0 Å². The fourth-order valence-electron chi connectivity index (χ4n) is 2.06. The maximum atomic E-state index is 6.07. The lowest BCUT2D eigenvalue weighted by Gasteiger charge is -2.13. The monoisotopic (exact) mass is 281 g/mol. The second-order valence-corrected chi connectivity index (χ2v) is 6.29. The minimum absolute atomic E-state index is 0.651. The molecule has 0 aromatic heterocycles. The Bertz CT molecular complexity index is 402. The molecule has 1 aliphatic carbocycles. The fourth-order valence-corrected chi connectivity index (χ4v) is 2.26. The number of ether oxygens (including phenoxy) is 1. The summed E-state index contributed by atoms with van der Waals surface area (Å²) in [5, 5.41) is 4.22. The van der Waals surface area contributed by atoms with Gasteiger partial charge in [0.2, 0.25) is 0 Å². The van der Waals surface area contributed by atoms with Crippen molar-refractivity contribution >= 4 is 11.6 Å². The van der Waals surface area contributed by atoms with E-state index in [4.69, 9.17) is 16.3 Å². The van der Waals surface area contributed by atoms with Gasteiger partial charge in [-0.25, -0.2) is 0 Å². The molecule has 0 amide bonds. The van der Waals surface area contributed by atoms with Gasteiger partial charge in [-0.15, -0.1) is 0 Å². The van der Waals surface area contributed by atoms with E-state index in [0.717, 1.165) is 41.9 Å². The van der Waals surface area contributed by atoms with Crippen LogP contribution in [0.4, 0.5) is 0 Å². The van der Waals surface area contributed by atoms with Gasteiger partial charge >= 0.3 is 0 Å². The van der Waals surface area contributed by atoms with Crippen LogP contribution in [-0.4, -0.2) is 13.2 Å². The van der Waals surface area contributed by atoms with Gasteiger partial charge in [-0.1, -0.05) is 38.3 Å². The maximum absolute atomic E-state index is 6.07. The van der Waals surface area contributed by atoms with Crippen molar-refractivity contribution in [3.63, 3.8) is 0 Å². The molecule has 0 unspecified atom stereocenters. The molecule has 0 aliphatic heterocycles. The van der Waals surface area contributed by atoms with Crippen LogP contribution in [0, 0.1) is 11.8 Å². The highest BCUT2D eigenvalue weighted by Gasteiger charge is 2.20. The van der Waals surface area contributed by atoms with Gasteiger partial charge in [-0.05, 0) is 43.0 Å². The number of rotatable bonds is 8. The Morgan fingerprint density at radius 1 is 1.37 bits per heavy atom. The van der Waals surface area contributed by atoms with Crippen LogP contribution < -0.4 is 10.1 Å². The average Bonchev–Trinajstić information content (AvgIpc) is 3.15. The van der Waals surface area contributed by atoms with Gasteiger partial charge in [0.15, 0.2) is 0 Å². The van der Waals surface area contributed by atoms with Crippen molar-refractivity contribution in [3.8, 4) is 5.75 Å². The fraction of sp³-hybridized carbons (Fsp3) is 0.625. The van der Waals surface area contributed by atoms with Crippen molar-refractivity contribution in [1.82, 2.24) is 5.32 Å². The quantitative estimate of drug-likeness (QED) is 0.768. The molecule has 1 aromatic carbocycles. The van der Waals surface area contributed by atoms with Crippen LogP contribution >= 0.6 is 11.6 Å². The molecule has 1 saturated carbocycles. The first-order valence-electron chi connectivity index (χ1n) is 7.27. The zero-order chi connectivity index (χ0) is 13.7. The Balaban J connectivity index is 1.87. The third kappa shape index (κ3) is 5.42. The minimum Gasteiger partial charge on any atom is -0.493 e. The molecule has 3 heteroatoms. The smallest absolute Gasteiger partial charge is 0.123 e. The van der Waals surface area contributed by atoms with Gasteiger partial charge in [-0.2, -0.15) is 0 Å². The van der Waals surface area contributed by atoms with Crippen LogP contribution in [0.15, 0.2) is 18.2 Å². The molecule has 106 valence electrons. The number of halogens is 1. The van der Waals surface area contributed by atoms with Crippen LogP contribution in [0.3, 0.4) is 0 Å². The number of hydrogen-bond donors (Lipinski definition) is 1. The maximum Gasteiger partial charge on any atom is 0.123 e. The Morgan fingerprint density at radius 3 is 2.84 bits per heavy atom. The SMILES string of the molecule is CC(C)CNCc1cc(Cl)ccc1OCCC1CC1. The Morgan fingerprint density at radius 2 is 2.16 bits per heavy atom. The largest absolute Gasteiger partial charge is 0.493 e. The molecule has 1 aliphatic rings. The molecule has 2 rings (SSSR count). The van der Waals surface area contributed by atoms with Gasteiger partial charge < -0.3 is 10.1 Å². The molecule has 1 aromatic rings. The lowest BCUT2D eigenvalue weighted by atomic mass is 10.1. The zero-order valence-corrected chi connectivity index (χ0v) is 12.7. The summed E-state index contributed by atoms with van der Waals surface area (Å²) >= 11 is 6.07. The van der Waals surface area contributed by atoms with Crippen molar-refractivity contribution in [3.05, 3.63) is 28.8 Å². The number of nitrogens with one attached hydrogen (secondary N) is 1. The van der Waals surface area contributed by atoms with Gasteiger partial charge in [0.05, 0.1) is 6.61 Å². The first-order valence-corrected chi connectivity index (χ1v) is 7.65. The van der Waals surface area contributed by atoms with Crippen LogP contribution in [0.5, 0.6) is 5.75 Å². The summed E-state index contributed by atoms with van der Waals surface area (Å²) in [5.41, 5.74) is 1.16. The molecule has 1 N–H and O–H groups in total. The number of benzene rings is 1. The summed E-state index contributed by atoms with van der Waals surface area (Å²) in [6, 6.07) is 5.89. The summed E-state index contributed by atoms with van der Waals surface area (Å²) in [6.07, 6.45) is 3.95. The molecule has 0 heterocycles. The topological polar surface area (TPSA) is 21.3 Å². The predicted octanol–water partition coefficient (Wildman–Crippen LogP) is 4.26. The second-order valence-electron chi connectivity index (χ2n) is 5.86. The van der Waals surface area contributed by atoms with E-state index in [0.29, 0.717) is 5.92 Å². The van der Waals surface area contributed by atoms with Crippen molar-refractivity contribution in [2.75, 3.05) is 13.2 Å². The van der Waals surface area contributed by atoms with Gasteiger partial charge in [0.1, 0.15) is 5.75 Å². The van der Waals surface area contributed by atoms with E-state index in [1.54, 1.807) is 0 Å². The zero-order valence-electron chi connectivity index (χ0n) is 11.9. The molecule has 0 saturated heterocycles. The summed E-state index contributed by atoms with van der Waals surface area (Å²) in [6.45, 7) is 7.06. The van der Waals surface area contributed by atoms with Crippen molar-refractivity contribution < 1.29 is 4.74 Å². The average molecular weight is 282 g/mol. The van der Waals surface area contributed by atoms with Gasteiger partial charge in [-0.3, -0.25) is 0 Å². The molecule has 2 nitrogen and oxygen atoms in total. The highest BCUT2D eigenvalue weighted by molar-refractivity contribution is 6.30.